The smallest absolute Gasteiger partial charge is 0.306 e. The Kier molecular flexibility index (Phi) is 7.87. The number of hydrogen-bond acceptors (Lipinski definition) is 7. The second kappa shape index (κ2) is 9.88. The summed E-state index contributed by atoms with van der Waals surface area (Å²) >= 11 is 0. The van der Waals surface area contributed by atoms with Crippen LogP contribution in [0.2, 0.25) is 0 Å². The highest BCUT2D eigenvalue weighted by molar-refractivity contribution is 6.01. The summed E-state index contributed by atoms with van der Waals surface area (Å²) in [6, 6.07) is 8.37. The first-order valence-electron chi connectivity index (χ1n) is 7.64. The third-order valence-electron chi connectivity index (χ3n) is 3.20. The number of nitriles is 1. The van der Waals surface area contributed by atoms with Crippen LogP contribution >= 0.6 is 0 Å². The van der Waals surface area contributed by atoms with Gasteiger partial charge in [-0.3, -0.25) is 14.4 Å². The van der Waals surface area contributed by atoms with Crippen molar-refractivity contribution in [2.75, 3.05) is 13.2 Å². The number of hydrogen-bond donors (Lipinski definition) is 1. The lowest BCUT2D eigenvalue weighted by Gasteiger charge is -2.07. The maximum atomic E-state index is 11.6. The lowest BCUT2D eigenvalue weighted by atomic mass is 10.1. The number of allylic oxidation sites excluding steroid dienone is 1. The average molecular weight is 344 g/mol. The van der Waals surface area contributed by atoms with Crippen molar-refractivity contribution in [3.05, 3.63) is 41.1 Å². The van der Waals surface area contributed by atoms with E-state index in [2.05, 4.69) is 0 Å². The monoisotopic (exact) mass is 344 g/mol. The minimum Gasteiger partial charge on any atom is -0.494 e. The van der Waals surface area contributed by atoms with Crippen LogP contribution in [-0.4, -0.2) is 30.7 Å². The summed E-state index contributed by atoms with van der Waals surface area (Å²) in [5, 5.41) is 8.78. The van der Waals surface area contributed by atoms with Crippen molar-refractivity contribution in [1.82, 2.24) is 0 Å². The standard InChI is InChI=1S/C18H20N2O5/c1-12(20)16(10-19)17(22)11-25-18(23)4-3-9-24-15-7-5-14(6-8-15)13(2)21/h5-8H,3-4,9,11,20H2,1-2H3/b16-12-. The van der Waals surface area contributed by atoms with Gasteiger partial charge < -0.3 is 15.2 Å². The van der Waals surface area contributed by atoms with Gasteiger partial charge in [-0.25, -0.2) is 0 Å². The number of ether oxygens (including phenoxy) is 2. The highest BCUT2D eigenvalue weighted by atomic mass is 16.5. The Morgan fingerprint density at radius 1 is 1.16 bits per heavy atom. The molecule has 0 aliphatic carbocycles. The van der Waals surface area contributed by atoms with Gasteiger partial charge in [0.15, 0.2) is 12.4 Å². The molecule has 7 heteroatoms. The van der Waals surface area contributed by atoms with Gasteiger partial charge in [-0.1, -0.05) is 0 Å². The van der Waals surface area contributed by atoms with Crippen LogP contribution in [0, 0.1) is 11.3 Å². The average Bonchev–Trinajstić information content (AvgIpc) is 2.57. The number of Topliss-reactive ketones (excluding diaryl/α,β-unsaturated/α-hetero) is 2. The van der Waals surface area contributed by atoms with Crippen molar-refractivity contribution < 1.29 is 23.9 Å². The molecule has 0 atom stereocenters. The van der Waals surface area contributed by atoms with E-state index in [9.17, 15) is 14.4 Å². The Bertz CT molecular complexity index is 710. The van der Waals surface area contributed by atoms with Crippen molar-refractivity contribution in [3.63, 3.8) is 0 Å². The Labute approximate surface area is 146 Å². The zero-order valence-corrected chi connectivity index (χ0v) is 14.2. The van der Waals surface area contributed by atoms with E-state index in [1.807, 2.05) is 0 Å². The van der Waals surface area contributed by atoms with Gasteiger partial charge in [-0.2, -0.15) is 5.26 Å². The molecule has 2 N–H and O–H groups in total. The lowest BCUT2D eigenvalue weighted by Crippen LogP contribution is -2.17. The van der Waals surface area contributed by atoms with E-state index in [1.54, 1.807) is 30.3 Å². The summed E-state index contributed by atoms with van der Waals surface area (Å²) in [5.74, 6) is -0.618. The molecule has 25 heavy (non-hydrogen) atoms. The fourth-order valence-electron chi connectivity index (χ4n) is 1.85. The van der Waals surface area contributed by atoms with Crippen molar-refractivity contribution >= 4 is 17.5 Å². The van der Waals surface area contributed by atoms with Crippen LogP contribution in [0.1, 0.15) is 37.0 Å². The molecule has 0 aliphatic heterocycles. The predicted molar refractivity (Wildman–Crippen MR) is 89.6 cm³/mol. The number of ketones is 2. The summed E-state index contributed by atoms with van der Waals surface area (Å²) in [7, 11) is 0. The van der Waals surface area contributed by atoms with Gasteiger partial charge in [-0.05, 0) is 44.5 Å². The third-order valence-corrected chi connectivity index (χ3v) is 3.20. The van der Waals surface area contributed by atoms with E-state index in [4.69, 9.17) is 20.5 Å². The van der Waals surface area contributed by atoms with Crippen LogP contribution in [-0.2, 0) is 14.3 Å². The van der Waals surface area contributed by atoms with Crippen LogP contribution in [0.15, 0.2) is 35.5 Å². The molecule has 1 rings (SSSR count). The highest BCUT2D eigenvalue weighted by Crippen LogP contribution is 2.13. The SMILES string of the molecule is CC(=O)c1ccc(OCCCC(=O)OCC(=O)/C(C#N)=C(/C)N)cc1. The van der Waals surface area contributed by atoms with Crippen LogP contribution < -0.4 is 10.5 Å². The number of esters is 1. The van der Waals surface area contributed by atoms with Gasteiger partial charge in [-0.15, -0.1) is 0 Å². The van der Waals surface area contributed by atoms with Gasteiger partial charge in [0.2, 0.25) is 5.78 Å². The second-order valence-corrected chi connectivity index (χ2v) is 5.29. The molecule has 0 amide bonds. The molecule has 0 aromatic heterocycles. The third kappa shape index (κ3) is 6.87. The molecule has 0 heterocycles. The van der Waals surface area contributed by atoms with Crippen molar-refractivity contribution in [2.45, 2.75) is 26.7 Å². The topological polar surface area (TPSA) is 119 Å². The van der Waals surface area contributed by atoms with Gasteiger partial charge in [0.25, 0.3) is 0 Å². The molecule has 0 saturated heterocycles. The molecule has 0 saturated carbocycles. The molecule has 0 bridgehead atoms. The minimum absolute atomic E-state index is 0.0249. The predicted octanol–water partition coefficient (Wildman–Crippen LogP) is 1.92. The summed E-state index contributed by atoms with van der Waals surface area (Å²) < 4.78 is 10.3. The van der Waals surface area contributed by atoms with Crippen molar-refractivity contribution in [1.29, 1.82) is 5.26 Å². The van der Waals surface area contributed by atoms with E-state index in [0.29, 0.717) is 17.7 Å². The Morgan fingerprint density at radius 2 is 1.80 bits per heavy atom. The number of nitrogens with two attached hydrogens (primary N) is 1. The van der Waals surface area contributed by atoms with Gasteiger partial charge >= 0.3 is 5.97 Å². The first-order valence-corrected chi connectivity index (χ1v) is 7.64. The van der Waals surface area contributed by atoms with Crippen LogP contribution in [0.3, 0.4) is 0 Å². The molecule has 1 aromatic carbocycles. The van der Waals surface area contributed by atoms with Crippen LogP contribution in [0.25, 0.3) is 0 Å². The largest absolute Gasteiger partial charge is 0.494 e. The molecule has 0 unspecified atom stereocenters. The zero-order chi connectivity index (χ0) is 18.8. The molecular weight excluding hydrogens is 324 g/mol. The van der Waals surface area contributed by atoms with Gasteiger partial charge in [0, 0.05) is 17.7 Å². The van der Waals surface area contributed by atoms with Crippen molar-refractivity contribution in [2.24, 2.45) is 5.73 Å². The summed E-state index contributed by atoms with van der Waals surface area (Å²) in [6.45, 7) is 2.69. The molecule has 0 spiro atoms. The highest BCUT2D eigenvalue weighted by Gasteiger charge is 2.14. The van der Waals surface area contributed by atoms with E-state index in [-0.39, 0.29) is 30.1 Å². The summed E-state index contributed by atoms with van der Waals surface area (Å²) in [5.41, 5.74) is 5.88. The minimum atomic E-state index is -0.627. The number of nitrogens with zero attached hydrogens (tertiary/aromatic N) is 1. The molecule has 132 valence electrons. The normalized spacial score (nSPS) is 11.1. The maximum Gasteiger partial charge on any atom is 0.306 e. The number of benzene rings is 1. The Hall–Kier alpha value is -3.14. The number of carbonyl (C=O) groups excluding carboxylic acids is 3. The quantitative estimate of drug-likeness (QED) is 0.239. The molecule has 0 fully saturated rings. The summed E-state index contributed by atoms with van der Waals surface area (Å²) in [6.07, 6.45) is 0.477. The fraction of sp³-hybridized carbons (Fsp3) is 0.333. The molecule has 1 aromatic rings. The van der Waals surface area contributed by atoms with Gasteiger partial charge in [0.05, 0.1) is 6.61 Å². The number of carbonyl (C=O) groups is 3. The molecule has 0 radical (unpaired) electrons. The van der Waals surface area contributed by atoms with Crippen LogP contribution in [0.4, 0.5) is 0 Å². The summed E-state index contributed by atoms with van der Waals surface area (Å²) in [4.78, 5) is 34.3. The molecule has 7 nitrogen and oxygen atoms in total. The van der Waals surface area contributed by atoms with E-state index < -0.39 is 18.4 Å². The lowest BCUT2D eigenvalue weighted by molar-refractivity contribution is -0.147. The van der Waals surface area contributed by atoms with Crippen molar-refractivity contribution in [3.8, 4) is 11.8 Å². The zero-order valence-electron chi connectivity index (χ0n) is 14.2. The first-order chi connectivity index (χ1) is 11.8. The molecule has 0 aliphatic rings. The Morgan fingerprint density at radius 3 is 2.32 bits per heavy atom. The maximum absolute atomic E-state index is 11.6. The Balaban J connectivity index is 2.29. The molecular formula is C18H20N2O5. The first kappa shape index (κ1) is 19.9. The van der Waals surface area contributed by atoms with Gasteiger partial charge in [0.1, 0.15) is 17.4 Å². The van der Waals surface area contributed by atoms with Crippen LogP contribution in [0.5, 0.6) is 5.75 Å². The second-order valence-electron chi connectivity index (χ2n) is 5.29. The fourth-order valence-corrected chi connectivity index (χ4v) is 1.85. The van der Waals surface area contributed by atoms with E-state index >= 15 is 0 Å². The van der Waals surface area contributed by atoms with E-state index in [0.717, 1.165) is 0 Å². The van der Waals surface area contributed by atoms with E-state index in [1.165, 1.54) is 13.8 Å². The number of rotatable bonds is 9.